The van der Waals surface area contributed by atoms with E-state index in [9.17, 15) is 14.4 Å². The van der Waals surface area contributed by atoms with E-state index in [1.54, 1.807) is 36.4 Å². The largest absolute Gasteiger partial charge is 0.480 e. The van der Waals surface area contributed by atoms with Crippen LogP contribution in [-0.4, -0.2) is 33.7 Å². The van der Waals surface area contributed by atoms with Crippen molar-refractivity contribution in [3.05, 3.63) is 65.4 Å². The zero-order valence-corrected chi connectivity index (χ0v) is 20.3. The van der Waals surface area contributed by atoms with Gasteiger partial charge in [0.15, 0.2) is 6.61 Å². The molecule has 0 unspecified atom stereocenters. The van der Waals surface area contributed by atoms with Gasteiger partial charge in [-0.15, -0.1) is 0 Å². The molecule has 1 aliphatic heterocycles. The number of imide groups is 1. The molecule has 3 rings (SSSR count). The van der Waals surface area contributed by atoms with Crippen LogP contribution in [0.25, 0.3) is 6.08 Å². The van der Waals surface area contributed by atoms with Crippen LogP contribution in [-0.2, 0) is 16.1 Å². The van der Waals surface area contributed by atoms with Crippen LogP contribution in [0.4, 0.5) is 4.79 Å². The number of ether oxygens (including phenoxy) is 1. The van der Waals surface area contributed by atoms with Crippen LogP contribution in [0.2, 0.25) is 10.0 Å². The molecule has 0 radical (unpaired) electrons. The molecule has 1 saturated heterocycles. The zero-order valence-electron chi connectivity index (χ0n) is 14.8. The number of nitrogens with zero attached hydrogens (tertiary/aromatic N) is 1. The first kappa shape index (κ1) is 23.1. The fourth-order valence-corrected chi connectivity index (χ4v) is 5.15. The second-order valence-electron chi connectivity index (χ2n) is 6.01. The lowest BCUT2D eigenvalue weighted by atomic mass is 10.2. The third-order valence-electron chi connectivity index (χ3n) is 3.86. The van der Waals surface area contributed by atoms with Gasteiger partial charge < -0.3 is 9.84 Å². The Hall–Kier alpha value is -1.52. The molecule has 30 heavy (non-hydrogen) atoms. The summed E-state index contributed by atoms with van der Waals surface area (Å²) >= 11 is 19.4. The first-order valence-corrected chi connectivity index (χ1v) is 11.3. The van der Waals surface area contributed by atoms with Crippen molar-refractivity contribution in [2.24, 2.45) is 0 Å². The maximum Gasteiger partial charge on any atom is 0.341 e. The highest BCUT2D eigenvalue weighted by Gasteiger charge is 2.35. The summed E-state index contributed by atoms with van der Waals surface area (Å²) in [7, 11) is 0. The molecule has 0 bridgehead atoms. The zero-order chi connectivity index (χ0) is 22.0. The highest BCUT2D eigenvalue weighted by Crippen LogP contribution is 2.38. The van der Waals surface area contributed by atoms with Crippen molar-refractivity contribution in [2.75, 3.05) is 6.61 Å². The van der Waals surface area contributed by atoms with Crippen molar-refractivity contribution in [2.45, 2.75) is 6.54 Å². The third-order valence-corrected chi connectivity index (χ3v) is 6.68. The Labute approximate surface area is 202 Å². The Bertz CT molecular complexity index is 1070. The molecule has 2 amide bonds. The van der Waals surface area contributed by atoms with Gasteiger partial charge in [0.25, 0.3) is 11.1 Å². The van der Waals surface area contributed by atoms with Gasteiger partial charge in [0.2, 0.25) is 0 Å². The summed E-state index contributed by atoms with van der Waals surface area (Å²) < 4.78 is 6.22. The number of carboxylic acid groups (broad SMARTS) is 1. The van der Waals surface area contributed by atoms with E-state index >= 15 is 0 Å². The topological polar surface area (TPSA) is 83.9 Å². The number of thioether (sulfide) groups is 1. The van der Waals surface area contributed by atoms with Crippen LogP contribution >= 0.6 is 66.8 Å². The maximum atomic E-state index is 12.7. The number of carbonyl (C=O) groups excluding carboxylic acids is 2. The Morgan fingerprint density at radius 3 is 2.40 bits per heavy atom. The van der Waals surface area contributed by atoms with Gasteiger partial charge in [-0.3, -0.25) is 14.5 Å². The lowest BCUT2D eigenvalue weighted by Crippen LogP contribution is -2.27. The highest BCUT2D eigenvalue weighted by molar-refractivity contribution is 9.11. The molecule has 1 aliphatic rings. The number of amides is 2. The summed E-state index contributed by atoms with van der Waals surface area (Å²) in [5.74, 6) is -1.20. The predicted molar refractivity (Wildman–Crippen MR) is 123 cm³/mol. The first-order chi connectivity index (χ1) is 14.2. The fourth-order valence-electron chi connectivity index (χ4n) is 2.54. The van der Waals surface area contributed by atoms with E-state index in [0.29, 0.717) is 35.9 Å². The van der Waals surface area contributed by atoms with Crippen molar-refractivity contribution < 1.29 is 24.2 Å². The second-order valence-corrected chi connectivity index (χ2v) is 9.53. The van der Waals surface area contributed by atoms with Crippen molar-refractivity contribution in [1.29, 1.82) is 0 Å². The Kier molecular flexibility index (Phi) is 7.52. The SMILES string of the molecule is O=C(O)COc1c(Br)cc(/C=C2\SC(=O)N(Cc3ccc(Cl)c(Cl)c3)C2=O)cc1Br. The Morgan fingerprint density at radius 2 is 1.80 bits per heavy atom. The van der Waals surface area contributed by atoms with Crippen LogP contribution in [0.3, 0.4) is 0 Å². The molecule has 1 fully saturated rings. The van der Waals surface area contributed by atoms with E-state index in [0.717, 1.165) is 16.7 Å². The molecule has 1 heterocycles. The van der Waals surface area contributed by atoms with Gasteiger partial charge in [0.05, 0.1) is 30.4 Å². The average Bonchev–Trinajstić information content (AvgIpc) is 2.91. The molecule has 0 atom stereocenters. The van der Waals surface area contributed by atoms with Gasteiger partial charge in [0.1, 0.15) is 5.75 Å². The smallest absolute Gasteiger partial charge is 0.341 e. The fraction of sp³-hybridized carbons (Fsp3) is 0.105. The van der Waals surface area contributed by atoms with Gasteiger partial charge >= 0.3 is 5.97 Å². The van der Waals surface area contributed by atoms with Crippen molar-refractivity contribution in [3.8, 4) is 5.75 Å². The maximum absolute atomic E-state index is 12.7. The molecule has 6 nitrogen and oxygen atoms in total. The molecule has 0 saturated carbocycles. The van der Waals surface area contributed by atoms with Gasteiger partial charge in [-0.1, -0.05) is 29.3 Å². The molecule has 0 aromatic heterocycles. The Morgan fingerprint density at radius 1 is 1.13 bits per heavy atom. The molecule has 156 valence electrons. The number of aliphatic carboxylic acids is 1. The summed E-state index contributed by atoms with van der Waals surface area (Å²) in [4.78, 5) is 37.2. The van der Waals surface area contributed by atoms with Gasteiger partial charge in [-0.05, 0) is 85.1 Å². The van der Waals surface area contributed by atoms with Gasteiger partial charge in [-0.2, -0.15) is 0 Å². The third kappa shape index (κ3) is 5.39. The summed E-state index contributed by atoms with van der Waals surface area (Å²) in [6.07, 6.45) is 1.58. The van der Waals surface area contributed by atoms with Crippen molar-refractivity contribution >= 4 is 90.0 Å². The normalized spacial score (nSPS) is 15.2. The molecule has 1 N–H and O–H groups in total. The standard InChI is InChI=1S/C19H11Br2Cl2NO5S/c20-11-3-10(4-12(21)17(11)29-8-16(25)26)6-15-18(27)24(19(28)30-15)7-9-1-2-13(22)14(23)5-9/h1-6H,7-8H2,(H,25,26)/b15-6-. The van der Waals surface area contributed by atoms with E-state index in [2.05, 4.69) is 31.9 Å². The van der Waals surface area contributed by atoms with Gasteiger partial charge in [0, 0.05) is 0 Å². The molecule has 0 spiro atoms. The average molecular weight is 596 g/mol. The summed E-state index contributed by atoms with van der Waals surface area (Å²) in [5.41, 5.74) is 1.30. The quantitative estimate of drug-likeness (QED) is 0.399. The van der Waals surface area contributed by atoms with Crippen LogP contribution in [0.5, 0.6) is 5.75 Å². The number of hydrogen-bond donors (Lipinski definition) is 1. The lowest BCUT2D eigenvalue weighted by molar-refractivity contribution is -0.139. The minimum atomic E-state index is -1.10. The number of halogens is 4. The van der Waals surface area contributed by atoms with Crippen LogP contribution < -0.4 is 4.74 Å². The van der Waals surface area contributed by atoms with Crippen molar-refractivity contribution in [3.63, 3.8) is 0 Å². The lowest BCUT2D eigenvalue weighted by Gasteiger charge is -2.13. The predicted octanol–water partition coefficient (Wildman–Crippen LogP) is 6.22. The molecule has 11 heteroatoms. The van der Waals surface area contributed by atoms with E-state index in [-0.39, 0.29) is 11.4 Å². The van der Waals surface area contributed by atoms with E-state index in [4.69, 9.17) is 33.0 Å². The molecular weight excluding hydrogens is 585 g/mol. The number of carbonyl (C=O) groups is 3. The summed E-state index contributed by atoms with van der Waals surface area (Å²) in [6.45, 7) is -0.418. The first-order valence-electron chi connectivity index (χ1n) is 8.18. The van der Waals surface area contributed by atoms with E-state index in [1.165, 1.54) is 0 Å². The Balaban J connectivity index is 1.81. The van der Waals surface area contributed by atoms with Gasteiger partial charge in [-0.25, -0.2) is 4.79 Å². The number of hydrogen-bond acceptors (Lipinski definition) is 5. The van der Waals surface area contributed by atoms with Crippen LogP contribution in [0.1, 0.15) is 11.1 Å². The summed E-state index contributed by atoms with van der Waals surface area (Å²) in [5, 5.41) is 9.10. The molecule has 2 aromatic carbocycles. The monoisotopic (exact) mass is 593 g/mol. The number of benzene rings is 2. The molecule has 0 aliphatic carbocycles. The van der Waals surface area contributed by atoms with E-state index < -0.39 is 23.7 Å². The number of rotatable bonds is 6. The van der Waals surface area contributed by atoms with E-state index in [1.807, 2.05) is 0 Å². The minimum absolute atomic E-state index is 0.0776. The highest BCUT2D eigenvalue weighted by atomic mass is 79.9. The van der Waals surface area contributed by atoms with Crippen molar-refractivity contribution in [1.82, 2.24) is 4.90 Å². The number of carboxylic acids is 1. The molecular formula is C19H11Br2Cl2NO5S. The second kappa shape index (κ2) is 9.74. The minimum Gasteiger partial charge on any atom is -0.480 e. The van der Waals surface area contributed by atoms with Crippen LogP contribution in [0.15, 0.2) is 44.2 Å². The summed E-state index contributed by atoms with van der Waals surface area (Å²) in [6, 6.07) is 8.24. The molecule has 2 aromatic rings. The van der Waals surface area contributed by atoms with Crippen LogP contribution in [0, 0.1) is 0 Å².